The first-order valence-electron chi connectivity index (χ1n) is 64.6. The van der Waals surface area contributed by atoms with Gasteiger partial charge in [0, 0.05) is 0 Å². The molecule has 0 heteroatoms. The molecule has 0 atom stereocenters. The van der Waals surface area contributed by atoms with Gasteiger partial charge < -0.3 is 0 Å². The Morgan fingerprint density at radius 1 is 0.0946 bits per heavy atom. The van der Waals surface area contributed by atoms with Crippen molar-refractivity contribution in [1.29, 1.82) is 0 Å². The molecular formula is C148H98. The third-order valence-electron chi connectivity index (χ3n) is 27.7. The quantitative estimate of drug-likeness (QED) is 0.107. The molecule has 29 aromatic rings. The maximum Gasteiger partial charge on any atom is 0.0629 e. The maximum atomic E-state index is 9.26. The van der Waals surface area contributed by atoms with Crippen LogP contribution in [0.4, 0.5) is 0 Å². The second-order valence-electron chi connectivity index (χ2n) is 36.1. The molecule has 690 valence electrons. The largest absolute Gasteiger partial charge is 0.0629 e. The molecule has 0 nitrogen and oxygen atoms in total. The highest BCUT2D eigenvalue weighted by atomic mass is 14.3. The van der Waals surface area contributed by atoms with E-state index in [4.69, 9.17) is 32.9 Å². The van der Waals surface area contributed by atoms with Gasteiger partial charge in [0.2, 0.25) is 0 Å². The number of hydrogen-bond donors (Lipinski definition) is 0. The van der Waals surface area contributed by atoms with Crippen LogP contribution in [-0.4, -0.2) is 0 Å². The molecule has 0 N–H and O–H groups in total. The summed E-state index contributed by atoms with van der Waals surface area (Å²) in [6, 6.07) is 116. The monoisotopic (exact) mass is 1910 g/mol. The molecule has 0 bridgehead atoms. The SMILES string of the molecule is [2H]c1c([2H])c([2H])c2c(-c3cc(-c4ccccc4)c4ccccc4c3)c3c([2H])c([2H])c([2H])c([2H])c3c(-c3ccccc3)c2c1[2H].[2H]c1c([2H])c([2H])c2c(-c3cc(-c4ccccc4)cc4ccccc34)c3c([2H])c([2H])c([2H])c([2H])c3c(-c3ccccc3)c2c1[2H].[2H]c1c([2H])c([2H])c2c(-c3ccc(-c4ccccc4)c4ccccc34)c3c([2H])c([2H])c([2H])c([2H])c3c(-c3ccccc3)c2c1[2H].[2H]c1c([2H])c([2H])c2c(-c3cccc4ccccc34)c3c([2H])c([2H])c([2H])c([2H])c3c(-c3cccc(-c4ccc5ccccc5c4)c3)c2c1[2H]. The van der Waals surface area contributed by atoms with E-state index in [9.17, 15) is 11.0 Å². The van der Waals surface area contributed by atoms with Crippen molar-refractivity contribution in [2.75, 3.05) is 0 Å². The van der Waals surface area contributed by atoms with Crippen LogP contribution in [0.25, 0.3) is 274 Å². The minimum Gasteiger partial charge on any atom is -0.0622 e. The van der Waals surface area contributed by atoms with Gasteiger partial charge in [0.1, 0.15) is 0 Å². The number of benzene rings is 29. The average Bonchev–Trinajstić information content (AvgIpc) is 0.696. The molecule has 0 aliphatic carbocycles. The van der Waals surface area contributed by atoms with E-state index in [-0.39, 0.29) is 183 Å². The van der Waals surface area contributed by atoms with Crippen LogP contribution in [0, 0.1) is 0 Å². The number of hydrogen-bond acceptors (Lipinski definition) is 0. The standard InChI is InChI=1S/C40H26.3C36H24/c1-2-13-29-25-31(24-23-27(29)11-1)30-15-9-16-32(26-30)39-35-18-5-7-20-37(35)40(38-21-8-6-19-36(38)39)34-22-10-14-28-12-3-4-17-33(28)34;1-3-13-25(14-4-1)34-24-28(23-27-17-7-8-18-29(27)34)36-32-21-11-9-19-30(32)35(26-15-5-2-6-16-26)31-20-10-12-22-33(31)36;1-3-13-25(14-4-1)28-23-27-17-7-8-18-29(27)34(24-28)36-32-21-11-9-19-30(32)35(26-15-5-2-6-16-26)31-20-10-12-22-33(31)36;1-3-13-25(14-4-1)27-23-24-34(29-18-8-7-17-28(27)29)36-32-21-11-9-19-30(32)35(26-15-5-2-6-16-26)31-20-10-12-22-33(31)36/h1-26H;3*1-24H/i5D,6D,7D,8D,18D,19D,20D,21D;3*9D,10D,11D,12D,19D,20D,21D,22D. The van der Waals surface area contributed by atoms with Gasteiger partial charge in [-0.05, 0) is 310 Å². The van der Waals surface area contributed by atoms with Gasteiger partial charge in [-0.25, -0.2) is 0 Å². The fraction of sp³-hybridized carbons (Fsp3) is 0. The van der Waals surface area contributed by atoms with Crippen molar-refractivity contribution in [3.8, 4) is 134 Å². The summed E-state index contributed by atoms with van der Waals surface area (Å²) in [5.74, 6) is 0. The predicted octanol–water partition coefficient (Wildman–Crippen LogP) is 41.7. The van der Waals surface area contributed by atoms with Crippen molar-refractivity contribution in [2.24, 2.45) is 0 Å². The molecule has 0 spiro atoms. The molecule has 0 heterocycles. The third kappa shape index (κ3) is 16.4. The average molecular weight is 1910 g/mol. The second kappa shape index (κ2) is 39.2. The molecule has 0 saturated carbocycles. The van der Waals surface area contributed by atoms with Gasteiger partial charge in [0.05, 0.1) is 43.9 Å². The van der Waals surface area contributed by atoms with Crippen molar-refractivity contribution in [3.05, 3.63) is 594 Å². The maximum absolute atomic E-state index is 9.26. The first-order chi connectivity index (χ1) is 86.8. The fourth-order valence-electron chi connectivity index (χ4n) is 21.2. The van der Waals surface area contributed by atoms with Crippen LogP contribution in [0.1, 0.15) is 43.9 Å². The molecule has 0 unspecified atom stereocenters. The summed E-state index contributed by atoms with van der Waals surface area (Å²) in [5, 5.41) is 12.5. The molecule has 0 amide bonds. The van der Waals surface area contributed by atoms with Crippen LogP contribution < -0.4 is 0 Å². The van der Waals surface area contributed by atoms with E-state index in [0.29, 0.717) is 89.0 Å². The van der Waals surface area contributed by atoms with Crippen LogP contribution in [0.15, 0.2) is 594 Å². The van der Waals surface area contributed by atoms with E-state index in [1.54, 1.807) is 72.8 Å². The summed E-state index contributed by atoms with van der Waals surface area (Å²) in [7, 11) is 0. The summed E-state index contributed by atoms with van der Waals surface area (Å²) >= 11 is 0. The number of rotatable bonds is 12. The summed E-state index contributed by atoms with van der Waals surface area (Å²) in [5.41, 5.74) is 15.0. The Morgan fingerprint density at radius 2 is 0.331 bits per heavy atom. The predicted molar refractivity (Wildman–Crippen MR) is 639 cm³/mol. The molecule has 0 aliphatic heterocycles. The van der Waals surface area contributed by atoms with Gasteiger partial charge in [0.15, 0.2) is 0 Å². The Labute approximate surface area is 906 Å². The van der Waals surface area contributed by atoms with Crippen molar-refractivity contribution in [2.45, 2.75) is 0 Å². The molecule has 0 aromatic heterocycles. The summed E-state index contributed by atoms with van der Waals surface area (Å²) in [6.07, 6.45) is 0. The summed E-state index contributed by atoms with van der Waals surface area (Å²) < 4.78 is 285. The normalized spacial score (nSPS) is 14.4. The Bertz CT molecular complexity index is 11900. The zero-order valence-electron chi connectivity index (χ0n) is 111. The summed E-state index contributed by atoms with van der Waals surface area (Å²) in [4.78, 5) is 0. The molecule has 0 saturated heterocycles. The second-order valence-corrected chi connectivity index (χ2v) is 36.1. The van der Waals surface area contributed by atoms with E-state index >= 15 is 0 Å². The minimum atomic E-state index is -0.413. The molecule has 148 heavy (non-hydrogen) atoms. The highest BCUT2D eigenvalue weighted by Crippen LogP contribution is 2.53. The first kappa shape index (κ1) is 60.9. The number of fused-ring (bicyclic) bond motifs is 13. The van der Waals surface area contributed by atoms with Crippen molar-refractivity contribution < 1.29 is 43.9 Å². The Morgan fingerprint density at radius 3 is 0.743 bits per heavy atom. The first-order valence-corrected chi connectivity index (χ1v) is 48.6. The lowest BCUT2D eigenvalue weighted by Gasteiger charge is -2.19. The van der Waals surface area contributed by atoms with Crippen molar-refractivity contribution in [1.82, 2.24) is 0 Å². The third-order valence-corrected chi connectivity index (χ3v) is 27.7. The highest BCUT2D eigenvalue weighted by Gasteiger charge is 2.26. The molecule has 29 rings (SSSR count). The smallest absolute Gasteiger partial charge is 0.0622 e. The van der Waals surface area contributed by atoms with Crippen LogP contribution in [-0.2, 0) is 0 Å². The Kier molecular flexibility index (Phi) is 16.1. The van der Waals surface area contributed by atoms with Gasteiger partial charge in [0.25, 0.3) is 0 Å². The van der Waals surface area contributed by atoms with Gasteiger partial charge in [-0.1, -0.05) is 557 Å². The van der Waals surface area contributed by atoms with E-state index < -0.39 is 96.7 Å². The topological polar surface area (TPSA) is 0 Å². The lowest BCUT2D eigenvalue weighted by molar-refractivity contribution is 1.63. The highest BCUT2D eigenvalue weighted by molar-refractivity contribution is 6.29. The van der Waals surface area contributed by atoms with E-state index in [0.717, 1.165) is 98.4 Å². The summed E-state index contributed by atoms with van der Waals surface area (Å²) in [6.45, 7) is 0. The van der Waals surface area contributed by atoms with Crippen LogP contribution in [0.3, 0.4) is 0 Å². The van der Waals surface area contributed by atoms with Crippen LogP contribution in [0.2, 0.25) is 0 Å². The Balaban J connectivity index is 0.000000115. The van der Waals surface area contributed by atoms with Crippen molar-refractivity contribution in [3.63, 3.8) is 0 Å². The van der Waals surface area contributed by atoms with Gasteiger partial charge in [-0.15, -0.1) is 0 Å². The van der Waals surface area contributed by atoms with Gasteiger partial charge in [-0.2, -0.15) is 0 Å². The van der Waals surface area contributed by atoms with E-state index in [1.807, 2.05) is 315 Å². The van der Waals surface area contributed by atoms with Gasteiger partial charge >= 0.3 is 0 Å². The van der Waals surface area contributed by atoms with Crippen LogP contribution in [0.5, 0.6) is 0 Å². The minimum absolute atomic E-state index is 0.206. The van der Waals surface area contributed by atoms with E-state index in [1.165, 1.54) is 0 Å². The lowest BCUT2D eigenvalue weighted by Crippen LogP contribution is -1.92. The molecule has 29 aromatic carbocycles. The van der Waals surface area contributed by atoms with E-state index in [2.05, 4.69) is 12.1 Å². The zero-order chi connectivity index (χ0) is 126. The van der Waals surface area contributed by atoms with Gasteiger partial charge in [-0.3, -0.25) is 0 Å². The lowest BCUT2D eigenvalue weighted by atomic mass is 9.84. The molecule has 0 aliphatic rings. The molecule has 0 radical (unpaired) electrons. The molecular weight excluding hydrogens is 1780 g/mol. The zero-order valence-corrected chi connectivity index (χ0v) is 79.1. The van der Waals surface area contributed by atoms with Crippen molar-refractivity contribution >= 4 is 140 Å². The van der Waals surface area contributed by atoms with Crippen LogP contribution >= 0.6 is 0 Å². The molecule has 0 fully saturated rings. The Hall–Kier alpha value is -19.2. The fourth-order valence-corrected chi connectivity index (χ4v) is 21.2.